The highest BCUT2D eigenvalue weighted by Crippen LogP contribution is 2.34. The largest absolute Gasteiger partial charge is 0.348 e. The van der Waals surface area contributed by atoms with Crippen molar-refractivity contribution in [2.24, 2.45) is 0 Å². The van der Waals surface area contributed by atoms with Gasteiger partial charge in [-0.05, 0) is 18.9 Å². The molecule has 1 aromatic carbocycles. The van der Waals surface area contributed by atoms with Gasteiger partial charge in [-0.1, -0.05) is 18.2 Å². The Bertz CT molecular complexity index is 581. The first-order valence-electron chi connectivity index (χ1n) is 7.80. The van der Waals surface area contributed by atoms with Crippen LogP contribution in [0, 0.1) is 5.82 Å². The second kappa shape index (κ2) is 7.08. The van der Waals surface area contributed by atoms with Gasteiger partial charge in [0.25, 0.3) is 0 Å². The molecule has 23 heavy (non-hydrogen) atoms. The van der Waals surface area contributed by atoms with E-state index in [0.29, 0.717) is 38.0 Å². The van der Waals surface area contributed by atoms with Crippen LogP contribution in [0.2, 0.25) is 0 Å². The van der Waals surface area contributed by atoms with Gasteiger partial charge in [0, 0.05) is 39.7 Å². The standard InChI is InChI=1S/C17H24FN3O2/c1-13(22)19-17(14-6-4-5-7-15(14)18)8-10-21(11-9-17)12-16(23)20(2)3/h4-7H,8-12H2,1-3H3,(H,19,22). The molecule has 0 radical (unpaired) electrons. The van der Waals surface area contributed by atoms with Crippen molar-refractivity contribution in [1.82, 2.24) is 15.1 Å². The van der Waals surface area contributed by atoms with E-state index < -0.39 is 5.54 Å². The number of nitrogens with one attached hydrogen (secondary N) is 1. The van der Waals surface area contributed by atoms with Crippen LogP contribution >= 0.6 is 0 Å². The van der Waals surface area contributed by atoms with Crippen LogP contribution < -0.4 is 5.32 Å². The minimum atomic E-state index is -0.700. The zero-order valence-electron chi connectivity index (χ0n) is 13.9. The Morgan fingerprint density at radius 1 is 1.26 bits per heavy atom. The molecule has 0 aliphatic carbocycles. The number of benzene rings is 1. The zero-order valence-corrected chi connectivity index (χ0v) is 13.9. The molecule has 0 spiro atoms. The molecule has 1 fully saturated rings. The normalized spacial score (nSPS) is 17.6. The van der Waals surface area contributed by atoms with Gasteiger partial charge in [-0.25, -0.2) is 4.39 Å². The van der Waals surface area contributed by atoms with Gasteiger partial charge in [-0.2, -0.15) is 0 Å². The predicted molar refractivity (Wildman–Crippen MR) is 86.3 cm³/mol. The SMILES string of the molecule is CC(=O)NC1(c2ccccc2F)CCN(CC(=O)N(C)C)CC1. The number of nitrogens with zero attached hydrogens (tertiary/aromatic N) is 2. The fourth-order valence-electron chi connectivity index (χ4n) is 3.07. The van der Waals surface area contributed by atoms with Gasteiger partial charge in [-0.3, -0.25) is 14.5 Å². The maximum Gasteiger partial charge on any atom is 0.236 e. The quantitative estimate of drug-likeness (QED) is 0.910. The van der Waals surface area contributed by atoms with Crippen LogP contribution in [-0.2, 0) is 15.1 Å². The lowest BCUT2D eigenvalue weighted by Gasteiger charge is -2.42. The van der Waals surface area contributed by atoms with Crippen molar-refractivity contribution in [3.63, 3.8) is 0 Å². The second-order valence-corrected chi connectivity index (χ2v) is 6.31. The summed E-state index contributed by atoms with van der Waals surface area (Å²) >= 11 is 0. The molecule has 1 aromatic rings. The number of rotatable bonds is 4. The van der Waals surface area contributed by atoms with Crippen molar-refractivity contribution in [3.8, 4) is 0 Å². The van der Waals surface area contributed by atoms with Crippen molar-refractivity contribution in [2.75, 3.05) is 33.7 Å². The van der Waals surface area contributed by atoms with Gasteiger partial charge in [0.1, 0.15) is 5.82 Å². The minimum absolute atomic E-state index is 0.0444. The average Bonchev–Trinajstić information content (AvgIpc) is 2.49. The Balaban J connectivity index is 2.16. The summed E-state index contributed by atoms with van der Waals surface area (Å²) in [5.74, 6) is -0.437. The van der Waals surface area contributed by atoms with E-state index in [0.717, 1.165) is 0 Å². The third kappa shape index (κ3) is 4.07. The van der Waals surface area contributed by atoms with Crippen molar-refractivity contribution in [1.29, 1.82) is 0 Å². The Morgan fingerprint density at radius 2 is 1.87 bits per heavy atom. The smallest absolute Gasteiger partial charge is 0.236 e. The summed E-state index contributed by atoms with van der Waals surface area (Å²) in [7, 11) is 3.46. The molecule has 126 valence electrons. The number of carbonyl (C=O) groups excluding carboxylic acids is 2. The molecule has 0 atom stereocenters. The summed E-state index contributed by atoms with van der Waals surface area (Å²) in [6, 6.07) is 6.57. The van der Waals surface area contributed by atoms with Gasteiger partial charge in [0.05, 0.1) is 12.1 Å². The molecule has 2 amide bonds. The lowest BCUT2D eigenvalue weighted by atomic mass is 9.80. The van der Waals surface area contributed by atoms with Crippen LogP contribution in [0.3, 0.4) is 0 Å². The van der Waals surface area contributed by atoms with Crippen molar-refractivity contribution < 1.29 is 14.0 Å². The highest BCUT2D eigenvalue weighted by molar-refractivity contribution is 5.77. The number of likely N-dealkylation sites (tertiary alicyclic amines) is 1. The fourth-order valence-corrected chi connectivity index (χ4v) is 3.07. The van der Waals surface area contributed by atoms with Gasteiger partial charge in [0.2, 0.25) is 11.8 Å². The molecule has 0 bridgehead atoms. The third-order valence-electron chi connectivity index (χ3n) is 4.37. The monoisotopic (exact) mass is 321 g/mol. The number of hydrogen-bond donors (Lipinski definition) is 1. The van der Waals surface area contributed by atoms with E-state index in [1.54, 1.807) is 37.2 Å². The lowest BCUT2D eigenvalue weighted by Crippen LogP contribution is -2.54. The van der Waals surface area contributed by atoms with Crippen molar-refractivity contribution >= 4 is 11.8 Å². The van der Waals surface area contributed by atoms with E-state index in [2.05, 4.69) is 5.32 Å². The van der Waals surface area contributed by atoms with E-state index in [4.69, 9.17) is 0 Å². The number of carbonyl (C=O) groups is 2. The Morgan fingerprint density at radius 3 is 2.39 bits per heavy atom. The van der Waals surface area contributed by atoms with Gasteiger partial charge in [0.15, 0.2) is 0 Å². The number of piperidine rings is 1. The van der Waals surface area contributed by atoms with Crippen LogP contribution in [0.1, 0.15) is 25.3 Å². The van der Waals surface area contributed by atoms with Crippen LogP contribution in [0.25, 0.3) is 0 Å². The van der Waals surface area contributed by atoms with Gasteiger partial charge >= 0.3 is 0 Å². The highest BCUT2D eigenvalue weighted by Gasteiger charge is 2.39. The fraction of sp³-hybridized carbons (Fsp3) is 0.529. The van der Waals surface area contributed by atoms with E-state index in [1.807, 2.05) is 4.90 Å². The minimum Gasteiger partial charge on any atom is -0.348 e. The zero-order chi connectivity index (χ0) is 17.0. The molecule has 5 nitrogen and oxygen atoms in total. The van der Waals surface area contributed by atoms with E-state index in [-0.39, 0.29) is 17.6 Å². The second-order valence-electron chi connectivity index (χ2n) is 6.31. The predicted octanol–water partition coefficient (Wildman–Crippen LogP) is 1.34. The molecule has 1 aliphatic heterocycles. The van der Waals surface area contributed by atoms with Crippen LogP contribution in [-0.4, -0.2) is 55.3 Å². The summed E-state index contributed by atoms with van der Waals surface area (Å²) in [5.41, 5.74) is -0.178. The first-order chi connectivity index (χ1) is 10.8. The van der Waals surface area contributed by atoms with E-state index in [1.165, 1.54) is 13.0 Å². The summed E-state index contributed by atoms with van der Waals surface area (Å²) in [6.07, 6.45) is 1.16. The lowest BCUT2D eigenvalue weighted by molar-refractivity contribution is -0.131. The number of likely N-dealkylation sites (N-methyl/N-ethyl adjacent to an activating group) is 1. The molecule has 6 heteroatoms. The molecule has 2 rings (SSSR count). The Kier molecular flexibility index (Phi) is 5.36. The van der Waals surface area contributed by atoms with Crippen LogP contribution in [0.15, 0.2) is 24.3 Å². The topological polar surface area (TPSA) is 52.7 Å². The number of hydrogen-bond acceptors (Lipinski definition) is 3. The summed E-state index contributed by atoms with van der Waals surface area (Å²) < 4.78 is 14.3. The highest BCUT2D eigenvalue weighted by atomic mass is 19.1. The summed E-state index contributed by atoms with van der Waals surface area (Å²) in [6.45, 7) is 3.06. The number of halogens is 1. The molecule has 1 N–H and O–H groups in total. The van der Waals surface area contributed by atoms with Crippen molar-refractivity contribution in [2.45, 2.75) is 25.3 Å². The summed E-state index contributed by atoms with van der Waals surface area (Å²) in [5, 5.41) is 2.95. The average molecular weight is 321 g/mol. The first-order valence-corrected chi connectivity index (χ1v) is 7.80. The first kappa shape index (κ1) is 17.4. The number of amides is 2. The Hall–Kier alpha value is -1.95. The van der Waals surface area contributed by atoms with Crippen LogP contribution in [0.4, 0.5) is 4.39 Å². The molecule has 0 unspecified atom stereocenters. The molecule has 1 heterocycles. The maximum absolute atomic E-state index is 14.3. The molecule has 0 aromatic heterocycles. The molecular formula is C17H24FN3O2. The molecule has 0 saturated carbocycles. The maximum atomic E-state index is 14.3. The van der Waals surface area contributed by atoms with Crippen LogP contribution in [0.5, 0.6) is 0 Å². The molecular weight excluding hydrogens is 297 g/mol. The van der Waals surface area contributed by atoms with E-state index >= 15 is 0 Å². The molecule has 1 aliphatic rings. The third-order valence-corrected chi connectivity index (χ3v) is 4.37. The van der Waals surface area contributed by atoms with Crippen molar-refractivity contribution in [3.05, 3.63) is 35.6 Å². The summed E-state index contributed by atoms with van der Waals surface area (Å²) in [4.78, 5) is 27.1. The van der Waals surface area contributed by atoms with E-state index in [9.17, 15) is 14.0 Å². The van der Waals surface area contributed by atoms with Gasteiger partial charge in [-0.15, -0.1) is 0 Å². The molecule has 1 saturated heterocycles. The Labute approximate surface area is 136 Å². The van der Waals surface area contributed by atoms with Gasteiger partial charge < -0.3 is 10.2 Å².